The number of aromatic amines is 1. The van der Waals surface area contributed by atoms with E-state index >= 15 is 0 Å². The van der Waals surface area contributed by atoms with Gasteiger partial charge in [-0.15, -0.1) is 0 Å². The van der Waals surface area contributed by atoms with E-state index in [2.05, 4.69) is 4.98 Å². The van der Waals surface area contributed by atoms with Gasteiger partial charge in [0.1, 0.15) is 5.52 Å². The Hall–Kier alpha value is -1.51. The van der Waals surface area contributed by atoms with Crippen molar-refractivity contribution in [2.24, 2.45) is 0 Å². The summed E-state index contributed by atoms with van der Waals surface area (Å²) in [5.74, 6) is 0. The molecule has 0 aliphatic carbocycles. The maximum absolute atomic E-state index is 9.04. The summed E-state index contributed by atoms with van der Waals surface area (Å²) in [5.41, 5.74) is 2.05. The second-order valence-corrected chi connectivity index (χ2v) is 2.65. The van der Waals surface area contributed by atoms with Gasteiger partial charge in [-0.3, -0.25) is 5.21 Å². The topological polar surface area (TPSA) is 39.9 Å². The molecule has 0 bridgehead atoms. The molecule has 2 aromatic rings. The lowest BCUT2D eigenvalue weighted by Gasteiger charge is -1.82. The van der Waals surface area contributed by atoms with Crippen LogP contribution < -0.4 is 4.73 Å². The summed E-state index contributed by atoms with van der Waals surface area (Å²) in [6.07, 6.45) is 3.25. The Labute approximate surface area is 63.9 Å². The average Bonchev–Trinajstić information content (AvgIpc) is 2.27. The van der Waals surface area contributed by atoms with Crippen molar-refractivity contribution in [2.75, 3.05) is 0 Å². The van der Waals surface area contributed by atoms with Crippen molar-refractivity contribution in [3.63, 3.8) is 0 Å². The molecule has 0 atom stereocenters. The molecule has 0 saturated heterocycles. The lowest BCUT2D eigenvalue weighted by atomic mass is 10.3. The van der Waals surface area contributed by atoms with E-state index in [0.29, 0.717) is 0 Å². The average molecular weight is 149 g/mol. The summed E-state index contributed by atoms with van der Waals surface area (Å²) in [5, 5.41) is 10.2. The molecule has 0 spiro atoms. The molecule has 11 heavy (non-hydrogen) atoms. The van der Waals surface area contributed by atoms with Gasteiger partial charge in [-0.1, -0.05) is 0 Å². The third-order valence-electron chi connectivity index (χ3n) is 1.68. The summed E-state index contributed by atoms with van der Waals surface area (Å²) in [6, 6.07) is 3.90. The fourth-order valence-electron chi connectivity index (χ4n) is 1.21. The first kappa shape index (κ1) is 6.22. The Balaban J connectivity index is 2.82. The first-order chi connectivity index (χ1) is 5.25. The minimum absolute atomic E-state index is 0.951. The van der Waals surface area contributed by atoms with E-state index in [4.69, 9.17) is 5.21 Å². The molecule has 2 aromatic heterocycles. The van der Waals surface area contributed by atoms with Gasteiger partial charge in [0.25, 0.3) is 0 Å². The van der Waals surface area contributed by atoms with Gasteiger partial charge in [-0.25, -0.2) is 0 Å². The number of hydrogen-bond donors (Lipinski definition) is 2. The lowest BCUT2D eigenvalue weighted by molar-refractivity contribution is -0.904. The molecule has 0 unspecified atom stereocenters. The van der Waals surface area contributed by atoms with Gasteiger partial charge in [-0.2, -0.15) is 0 Å². The second kappa shape index (κ2) is 1.99. The van der Waals surface area contributed by atoms with E-state index < -0.39 is 0 Å². The van der Waals surface area contributed by atoms with Crippen LogP contribution in [0.4, 0.5) is 0 Å². The largest absolute Gasteiger partial charge is 0.354 e. The van der Waals surface area contributed by atoms with Crippen LogP contribution in [0.25, 0.3) is 10.9 Å². The van der Waals surface area contributed by atoms with E-state index in [1.54, 1.807) is 12.4 Å². The van der Waals surface area contributed by atoms with Crippen LogP contribution in [0.15, 0.2) is 24.5 Å². The maximum Gasteiger partial charge on any atom is 0.246 e. The predicted molar refractivity (Wildman–Crippen MR) is 40.4 cm³/mol. The van der Waals surface area contributed by atoms with Crippen LogP contribution in [0, 0.1) is 6.92 Å². The van der Waals surface area contributed by atoms with Crippen LogP contribution in [0.3, 0.4) is 0 Å². The minimum atomic E-state index is 0.951. The highest BCUT2D eigenvalue weighted by molar-refractivity contribution is 5.78. The van der Waals surface area contributed by atoms with Crippen molar-refractivity contribution in [3.05, 3.63) is 30.2 Å². The Bertz CT molecular complexity index is 392. The quantitative estimate of drug-likeness (QED) is 0.425. The van der Waals surface area contributed by atoms with Gasteiger partial charge in [0.05, 0.1) is 0 Å². The number of fused-ring (bicyclic) bond motifs is 1. The second-order valence-electron chi connectivity index (χ2n) is 2.65. The van der Waals surface area contributed by atoms with E-state index in [0.717, 1.165) is 21.3 Å². The van der Waals surface area contributed by atoms with Crippen molar-refractivity contribution >= 4 is 10.9 Å². The number of rotatable bonds is 0. The molecule has 0 aliphatic heterocycles. The molecular formula is C8H9N2O+. The van der Waals surface area contributed by atoms with Crippen molar-refractivity contribution in [2.45, 2.75) is 6.92 Å². The summed E-state index contributed by atoms with van der Waals surface area (Å²) in [7, 11) is 0. The first-order valence-electron chi connectivity index (χ1n) is 3.45. The fraction of sp³-hybridized carbons (Fsp3) is 0.125. The molecule has 2 N–H and O–H groups in total. The molecule has 0 radical (unpaired) electrons. The zero-order chi connectivity index (χ0) is 7.84. The summed E-state index contributed by atoms with van der Waals surface area (Å²) < 4.78 is 1.04. The molecule has 2 rings (SSSR count). The van der Waals surface area contributed by atoms with Crippen molar-refractivity contribution in [1.29, 1.82) is 0 Å². The zero-order valence-corrected chi connectivity index (χ0v) is 6.20. The van der Waals surface area contributed by atoms with Crippen LogP contribution in [0.2, 0.25) is 0 Å². The molecular weight excluding hydrogens is 140 g/mol. The smallest absolute Gasteiger partial charge is 0.246 e. The van der Waals surface area contributed by atoms with Crippen molar-refractivity contribution in [3.8, 4) is 0 Å². The number of hydrogen-bond acceptors (Lipinski definition) is 1. The Morgan fingerprint density at radius 1 is 1.55 bits per heavy atom. The van der Waals surface area contributed by atoms with Gasteiger partial charge in [0, 0.05) is 21.9 Å². The van der Waals surface area contributed by atoms with E-state index in [-0.39, 0.29) is 0 Å². The minimum Gasteiger partial charge on any atom is -0.354 e. The molecule has 56 valence electrons. The molecule has 0 saturated carbocycles. The van der Waals surface area contributed by atoms with Crippen LogP contribution in [0.5, 0.6) is 0 Å². The van der Waals surface area contributed by atoms with E-state index in [1.807, 2.05) is 19.1 Å². The molecule has 0 fully saturated rings. The monoisotopic (exact) mass is 149 g/mol. The van der Waals surface area contributed by atoms with Crippen LogP contribution in [-0.2, 0) is 0 Å². The summed E-state index contributed by atoms with van der Waals surface area (Å²) in [4.78, 5) is 3.12. The highest BCUT2D eigenvalue weighted by atomic mass is 16.5. The third-order valence-corrected chi connectivity index (χ3v) is 1.68. The van der Waals surface area contributed by atoms with Gasteiger partial charge in [0.2, 0.25) is 12.4 Å². The van der Waals surface area contributed by atoms with Crippen LogP contribution >= 0.6 is 0 Å². The van der Waals surface area contributed by atoms with E-state index in [1.165, 1.54) is 0 Å². The van der Waals surface area contributed by atoms with Gasteiger partial charge >= 0.3 is 0 Å². The third kappa shape index (κ3) is 0.941. The fourth-order valence-corrected chi connectivity index (χ4v) is 1.21. The van der Waals surface area contributed by atoms with Crippen LogP contribution in [-0.4, -0.2) is 10.2 Å². The standard InChI is InChI=1S/C8H8N2O/c1-6-4-7-2-3-10(11)5-8(7)9-6/h2-5,11H,1H3/p+1. The number of pyridine rings is 1. The molecule has 0 aliphatic rings. The highest BCUT2D eigenvalue weighted by Gasteiger charge is 2.02. The molecule has 0 aromatic carbocycles. The van der Waals surface area contributed by atoms with Gasteiger partial charge < -0.3 is 4.98 Å². The first-order valence-corrected chi connectivity index (χ1v) is 3.45. The summed E-state index contributed by atoms with van der Waals surface area (Å²) >= 11 is 0. The van der Waals surface area contributed by atoms with Gasteiger partial charge in [-0.05, 0) is 13.0 Å². The van der Waals surface area contributed by atoms with E-state index in [9.17, 15) is 0 Å². The molecule has 0 amide bonds. The summed E-state index contributed by atoms with van der Waals surface area (Å²) in [6.45, 7) is 1.99. The molecule has 3 heteroatoms. The normalized spacial score (nSPS) is 10.6. The van der Waals surface area contributed by atoms with Gasteiger partial charge in [0.15, 0.2) is 0 Å². The number of aryl methyl sites for hydroxylation is 1. The Kier molecular flexibility index (Phi) is 1.12. The SMILES string of the molecule is Cc1cc2cc[n+](O)cc2[nH]1. The Morgan fingerprint density at radius 3 is 3.18 bits per heavy atom. The number of nitrogens with one attached hydrogen (secondary N) is 1. The van der Waals surface area contributed by atoms with Crippen molar-refractivity contribution in [1.82, 2.24) is 4.98 Å². The number of aromatic nitrogens is 2. The highest BCUT2D eigenvalue weighted by Crippen LogP contribution is 2.10. The zero-order valence-electron chi connectivity index (χ0n) is 6.20. The van der Waals surface area contributed by atoms with Crippen molar-refractivity contribution < 1.29 is 9.94 Å². The van der Waals surface area contributed by atoms with Crippen LogP contribution in [0.1, 0.15) is 5.69 Å². The predicted octanol–water partition coefficient (Wildman–Crippen LogP) is 1.00. The molecule has 3 nitrogen and oxygen atoms in total. The maximum atomic E-state index is 9.04. The molecule has 2 heterocycles. The number of nitrogens with zero attached hydrogens (tertiary/aromatic N) is 1. The number of H-pyrrole nitrogens is 1. The lowest BCUT2D eigenvalue weighted by Crippen LogP contribution is -2.27. The Morgan fingerprint density at radius 2 is 2.36 bits per heavy atom.